The molecule has 0 spiro atoms. The second-order valence-electron chi connectivity index (χ2n) is 4.13. The monoisotopic (exact) mass is 313 g/mol. The molecule has 0 amide bonds. The number of carboxylic acids is 1. The van der Waals surface area contributed by atoms with Crippen LogP contribution >= 0.6 is 0 Å². The number of aromatic carboxylic acids is 1. The molecule has 1 aromatic carbocycles. The number of hydrogen-bond donors (Lipinski definition) is 3. The fraction of sp³-hybridized carbons (Fsp3) is 0.167. The molecule has 112 valence electrons. The van der Waals surface area contributed by atoms with Crippen LogP contribution in [0.25, 0.3) is 0 Å². The second-order valence-corrected chi connectivity index (χ2v) is 5.87. The van der Waals surface area contributed by atoms with E-state index in [4.69, 9.17) is 5.11 Å². The molecule has 7 nitrogen and oxygen atoms in total. The molecule has 9 heteroatoms. The maximum Gasteiger partial charge on any atom is 0.335 e. The Morgan fingerprint density at radius 1 is 1.43 bits per heavy atom. The smallest absolute Gasteiger partial charge is 0.335 e. The summed E-state index contributed by atoms with van der Waals surface area (Å²) in [6, 6.07) is 2.63. The van der Waals surface area contributed by atoms with Gasteiger partial charge in [0.1, 0.15) is 16.5 Å². The van der Waals surface area contributed by atoms with E-state index in [1.165, 1.54) is 6.20 Å². The van der Waals surface area contributed by atoms with E-state index in [1.54, 1.807) is 6.20 Å². The van der Waals surface area contributed by atoms with Gasteiger partial charge in [0.2, 0.25) is 10.0 Å². The summed E-state index contributed by atoms with van der Waals surface area (Å²) in [6.45, 7) is 0.0377. The number of benzene rings is 1. The van der Waals surface area contributed by atoms with E-state index in [0.29, 0.717) is 18.3 Å². The lowest BCUT2D eigenvalue weighted by Crippen LogP contribution is -2.27. The highest BCUT2D eigenvalue weighted by Crippen LogP contribution is 2.16. The summed E-state index contributed by atoms with van der Waals surface area (Å²) >= 11 is 0. The maximum atomic E-state index is 13.7. The van der Waals surface area contributed by atoms with Crippen molar-refractivity contribution in [2.45, 2.75) is 11.3 Å². The topological polar surface area (TPSA) is 112 Å². The molecule has 0 bridgehead atoms. The molecule has 3 N–H and O–H groups in total. The Morgan fingerprint density at radius 3 is 2.76 bits per heavy atom. The third kappa shape index (κ3) is 3.64. The Bertz CT molecular complexity index is 744. The minimum absolute atomic E-state index is 0.0377. The van der Waals surface area contributed by atoms with E-state index in [9.17, 15) is 17.6 Å². The molecule has 0 atom stereocenters. The van der Waals surface area contributed by atoms with Crippen LogP contribution in [-0.2, 0) is 16.4 Å². The van der Waals surface area contributed by atoms with Crippen molar-refractivity contribution in [3.8, 4) is 0 Å². The van der Waals surface area contributed by atoms with Gasteiger partial charge in [0.05, 0.1) is 5.56 Å². The molecule has 0 aliphatic carbocycles. The molecule has 0 unspecified atom stereocenters. The molecule has 0 fully saturated rings. The number of halogens is 1. The number of sulfonamides is 1. The van der Waals surface area contributed by atoms with Gasteiger partial charge in [-0.1, -0.05) is 0 Å². The van der Waals surface area contributed by atoms with Gasteiger partial charge in [0.15, 0.2) is 0 Å². The first-order chi connectivity index (χ1) is 9.90. The maximum absolute atomic E-state index is 13.7. The molecule has 1 heterocycles. The first kappa shape index (κ1) is 15.1. The summed E-state index contributed by atoms with van der Waals surface area (Å²) in [5.41, 5.74) is -0.318. The van der Waals surface area contributed by atoms with Gasteiger partial charge in [-0.05, 0) is 18.2 Å². The number of aromatic amines is 1. The average Bonchev–Trinajstić information content (AvgIpc) is 2.91. The summed E-state index contributed by atoms with van der Waals surface area (Å²) in [7, 11) is -4.05. The number of aromatic nitrogens is 2. The summed E-state index contributed by atoms with van der Waals surface area (Å²) in [4.78, 5) is 16.8. The Hall–Kier alpha value is -2.26. The van der Waals surface area contributed by atoms with Crippen molar-refractivity contribution in [3.63, 3.8) is 0 Å². The largest absolute Gasteiger partial charge is 0.478 e. The molecule has 0 aliphatic heterocycles. The third-order valence-corrected chi connectivity index (χ3v) is 4.17. The molecule has 0 radical (unpaired) electrons. The van der Waals surface area contributed by atoms with Crippen LogP contribution in [0.3, 0.4) is 0 Å². The van der Waals surface area contributed by atoms with Crippen LogP contribution < -0.4 is 4.72 Å². The lowest BCUT2D eigenvalue weighted by atomic mass is 10.2. The third-order valence-electron chi connectivity index (χ3n) is 2.68. The fourth-order valence-corrected chi connectivity index (χ4v) is 2.76. The van der Waals surface area contributed by atoms with Gasteiger partial charge in [-0.3, -0.25) is 0 Å². The molecule has 0 saturated carbocycles. The first-order valence-corrected chi connectivity index (χ1v) is 7.39. The van der Waals surface area contributed by atoms with E-state index in [-0.39, 0.29) is 12.1 Å². The first-order valence-electron chi connectivity index (χ1n) is 5.91. The molecule has 0 aliphatic rings. The number of hydrogen-bond acceptors (Lipinski definition) is 4. The molecular formula is C12H12FN3O4S. The minimum atomic E-state index is -4.05. The number of nitrogens with zero attached hydrogens (tertiary/aromatic N) is 1. The van der Waals surface area contributed by atoms with E-state index < -0.39 is 26.7 Å². The number of carbonyl (C=O) groups is 1. The van der Waals surface area contributed by atoms with Gasteiger partial charge < -0.3 is 10.1 Å². The number of imidazole rings is 1. The van der Waals surface area contributed by atoms with Crippen molar-refractivity contribution in [3.05, 3.63) is 47.8 Å². The van der Waals surface area contributed by atoms with Gasteiger partial charge in [-0.25, -0.2) is 27.3 Å². The number of nitrogens with one attached hydrogen (secondary N) is 2. The van der Waals surface area contributed by atoms with Crippen LogP contribution in [0.4, 0.5) is 4.39 Å². The van der Waals surface area contributed by atoms with Crippen LogP contribution in [0.2, 0.25) is 0 Å². The van der Waals surface area contributed by atoms with Gasteiger partial charge in [0, 0.05) is 25.4 Å². The summed E-state index contributed by atoms with van der Waals surface area (Å²) in [5.74, 6) is -1.84. The van der Waals surface area contributed by atoms with E-state index in [0.717, 1.165) is 12.1 Å². The van der Waals surface area contributed by atoms with E-state index >= 15 is 0 Å². The molecule has 2 aromatic rings. The fourth-order valence-electron chi connectivity index (χ4n) is 1.67. The van der Waals surface area contributed by atoms with Crippen LogP contribution in [0.15, 0.2) is 35.5 Å². The van der Waals surface area contributed by atoms with Crippen molar-refractivity contribution >= 4 is 16.0 Å². The van der Waals surface area contributed by atoms with Crippen LogP contribution in [0.5, 0.6) is 0 Å². The summed E-state index contributed by atoms with van der Waals surface area (Å²) in [6.07, 6.45) is 3.46. The van der Waals surface area contributed by atoms with Crippen molar-refractivity contribution in [2.75, 3.05) is 6.54 Å². The average molecular weight is 313 g/mol. The highest BCUT2D eigenvalue weighted by atomic mass is 32.2. The van der Waals surface area contributed by atoms with E-state index in [1.807, 2.05) is 0 Å². The number of H-pyrrole nitrogens is 1. The zero-order valence-electron chi connectivity index (χ0n) is 10.7. The van der Waals surface area contributed by atoms with Crippen LogP contribution in [-0.4, -0.2) is 36.0 Å². The van der Waals surface area contributed by atoms with Gasteiger partial charge in [0.25, 0.3) is 0 Å². The lowest BCUT2D eigenvalue weighted by molar-refractivity contribution is 0.0696. The predicted molar refractivity (Wildman–Crippen MR) is 70.8 cm³/mol. The van der Waals surface area contributed by atoms with Crippen LogP contribution in [0, 0.1) is 5.82 Å². The predicted octanol–water partition coefficient (Wildman–Crippen LogP) is 0.768. The zero-order chi connectivity index (χ0) is 15.5. The number of carboxylic acid groups (broad SMARTS) is 1. The molecule has 1 aromatic heterocycles. The SMILES string of the molecule is O=C(O)c1ccc(S(=O)(=O)NCCc2ncc[nH]2)c(F)c1. The van der Waals surface area contributed by atoms with Crippen molar-refractivity contribution in [1.82, 2.24) is 14.7 Å². The minimum Gasteiger partial charge on any atom is -0.478 e. The van der Waals surface area contributed by atoms with Crippen molar-refractivity contribution in [1.29, 1.82) is 0 Å². The van der Waals surface area contributed by atoms with Gasteiger partial charge >= 0.3 is 5.97 Å². The Labute approximate surface area is 119 Å². The van der Waals surface area contributed by atoms with E-state index in [2.05, 4.69) is 14.7 Å². The summed E-state index contributed by atoms with van der Waals surface area (Å²) in [5, 5.41) is 8.71. The second kappa shape index (κ2) is 6.02. The molecule has 2 rings (SSSR count). The number of rotatable bonds is 6. The zero-order valence-corrected chi connectivity index (χ0v) is 11.5. The molecular weight excluding hydrogens is 301 g/mol. The normalized spacial score (nSPS) is 11.5. The van der Waals surface area contributed by atoms with Crippen molar-refractivity contribution in [2.24, 2.45) is 0 Å². The highest BCUT2D eigenvalue weighted by molar-refractivity contribution is 7.89. The lowest BCUT2D eigenvalue weighted by Gasteiger charge is -2.07. The van der Waals surface area contributed by atoms with Crippen LogP contribution in [0.1, 0.15) is 16.2 Å². The Morgan fingerprint density at radius 2 is 2.19 bits per heavy atom. The Balaban J connectivity index is 2.10. The molecule has 21 heavy (non-hydrogen) atoms. The standard InChI is InChI=1S/C12H12FN3O4S/c13-9-7-8(12(17)18)1-2-10(9)21(19,20)16-4-3-11-14-5-6-15-11/h1-2,5-7,16H,3-4H2,(H,14,15)(H,17,18). The Kier molecular flexibility index (Phi) is 4.34. The van der Waals surface area contributed by atoms with Gasteiger partial charge in [-0.15, -0.1) is 0 Å². The van der Waals surface area contributed by atoms with Crippen molar-refractivity contribution < 1.29 is 22.7 Å². The quantitative estimate of drug-likeness (QED) is 0.729. The highest BCUT2D eigenvalue weighted by Gasteiger charge is 2.20. The summed E-state index contributed by atoms with van der Waals surface area (Å²) < 4.78 is 39.8. The van der Waals surface area contributed by atoms with Gasteiger partial charge in [-0.2, -0.15) is 0 Å². The molecule has 0 saturated heterocycles.